The van der Waals surface area contributed by atoms with Gasteiger partial charge in [0, 0.05) is 6.42 Å². The molecule has 7 heteroatoms. The number of aliphatic hydroxyl groups is 1. The number of halogens is 1. The second-order valence-corrected chi connectivity index (χ2v) is 14.1. The van der Waals surface area contributed by atoms with E-state index in [4.69, 9.17) is 9.53 Å². The van der Waals surface area contributed by atoms with Gasteiger partial charge in [0.1, 0.15) is 18.0 Å². The van der Waals surface area contributed by atoms with Crippen LogP contribution < -0.4 is 0 Å². The zero-order valence-electron chi connectivity index (χ0n) is 22.3. The molecule has 3 unspecified atom stereocenters. The van der Waals surface area contributed by atoms with Crippen LogP contribution in [-0.4, -0.2) is 43.2 Å². The fourth-order valence-corrected chi connectivity index (χ4v) is 5.81. The van der Waals surface area contributed by atoms with Crippen LogP contribution in [0.4, 0.5) is 4.39 Å². The standard InChI is InChI=1S/C28H41FO5Si/c1-17-13-18(9-12-23(17)29)25-21(11-10-19(30)14-20(31)15-24(32)33)28(5,6)16-22(27(2,3)4)26(25)34-35(7)8/h9-13,19,22,26,30,35H,14-16H2,1-8H3,(H,32,33). The molecule has 0 radical (unpaired) electrons. The SMILES string of the molecule is Cc1cc(C2=C(C=CC(O)CC(=O)CC(=O)O)C(C)(C)CC(C(C)(C)C)C2O[SiH](C)C)ccc1F. The van der Waals surface area contributed by atoms with Gasteiger partial charge in [-0.25, -0.2) is 4.39 Å². The molecule has 2 N–H and O–H groups in total. The van der Waals surface area contributed by atoms with Gasteiger partial charge in [-0.3, -0.25) is 9.59 Å². The monoisotopic (exact) mass is 504 g/mol. The number of ketones is 1. The van der Waals surface area contributed by atoms with Gasteiger partial charge in [0.05, 0.1) is 12.2 Å². The Morgan fingerprint density at radius 2 is 1.91 bits per heavy atom. The molecule has 0 heterocycles. The van der Waals surface area contributed by atoms with Crippen molar-refractivity contribution in [1.82, 2.24) is 0 Å². The summed E-state index contributed by atoms with van der Waals surface area (Å²) >= 11 is 0. The van der Waals surface area contributed by atoms with Crippen molar-refractivity contribution in [3.05, 3.63) is 52.9 Å². The third-order valence-electron chi connectivity index (χ3n) is 6.67. The van der Waals surface area contributed by atoms with Crippen LogP contribution in [0.25, 0.3) is 5.57 Å². The molecule has 0 amide bonds. The number of allylic oxidation sites excluding steroid dienone is 2. The first kappa shape index (κ1) is 29.1. The Bertz CT molecular complexity index is 1000. The molecule has 1 aliphatic carbocycles. The number of carboxylic acid groups (broad SMARTS) is 1. The van der Waals surface area contributed by atoms with E-state index in [-0.39, 0.29) is 35.1 Å². The molecule has 1 aromatic carbocycles. The molecule has 0 saturated carbocycles. The highest BCUT2D eigenvalue weighted by molar-refractivity contribution is 6.48. The van der Waals surface area contributed by atoms with Crippen LogP contribution in [0.2, 0.25) is 13.1 Å². The predicted molar refractivity (Wildman–Crippen MR) is 140 cm³/mol. The van der Waals surface area contributed by atoms with Crippen molar-refractivity contribution in [3.8, 4) is 0 Å². The summed E-state index contributed by atoms with van der Waals surface area (Å²) in [6.07, 6.45) is 2.12. The minimum Gasteiger partial charge on any atom is -0.481 e. The van der Waals surface area contributed by atoms with Gasteiger partial charge >= 0.3 is 5.97 Å². The van der Waals surface area contributed by atoms with E-state index in [0.717, 1.165) is 23.1 Å². The molecular formula is C28H41FO5Si. The number of rotatable bonds is 9. The maximum absolute atomic E-state index is 14.2. The Labute approximate surface area is 210 Å². The molecule has 5 nitrogen and oxygen atoms in total. The summed E-state index contributed by atoms with van der Waals surface area (Å²) in [4.78, 5) is 22.7. The Morgan fingerprint density at radius 3 is 2.43 bits per heavy atom. The maximum atomic E-state index is 14.2. The number of aliphatic carboxylic acids is 1. The van der Waals surface area contributed by atoms with Crippen LogP contribution in [0.15, 0.2) is 35.9 Å². The van der Waals surface area contributed by atoms with Gasteiger partial charge in [-0.1, -0.05) is 52.8 Å². The number of benzene rings is 1. The second-order valence-electron chi connectivity index (χ2n) is 11.7. The van der Waals surface area contributed by atoms with Crippen molar-refractivity contribution < 1.29 is 28.6 Å². The first-order chi connectivity index (χ1) is 16.0. The van der Waals surface area contributed by atoms with Crippen molar-refractivity contribution in [2.24, 2.45) is 16.7 Å². The van der Waals surface area contributed by atoms with E-state index in [1.807, 2.05) is 12.1 Å². The lowest BCUT2D eigenvalue weighted by molar-refractivity contribution is -0.140. The summed E-state index contributed by atoms with van der Waals surface area (Å²) < 4.78 is 20.9. The van der Waals surface area contributed by atoms with Crippen molar-refractivity contribution >= 4 is 26.4 Å². The lowest BCUT2D eigenvalue weighted by atomic mass is 9.59. The summed E-state index contributed by atoms with van der Waals surface area (Å²) in [5, 5.41) is 19.3. The van der Waals surface area contributed by atoms with E-state index in [1.54, 1.807) is 19.1 Å². The zero-order valence-corrected chi connectivity index (χ0v) is 23.5. The largest absolute Gasteiger partial charge is 0.481 e. The summed E-state index contributed by atoms with van der Waals surface area (Å²) in [7, 11) is -1.46. The van der Waals surface area contributed by atoms with E-state index in [1.165, 1.54) is 6.07 Å². The normalized spacial score (nSPS) is 21.6. The smallest absolute Gasteiger partial charge is 0.310 e. The third kappa shape index (κ3) is 7.69. The average molecular weight is 505 g/mol. The molecule has 0 fully saturated rings. The summed E-state index contributed by atoms with van der Waals surface area (Å²) in [6, 6.07) is 5.12. The maximum Gasteiger partial charge on any atom is 0.310 e. The molecule has 1 aromatic rings. The number of hydrogen-bond donors (Lipinski definition) is 2. The Hall–Kier alpha value is -2.09. The van der Waals surface area contributed by atoms with Crippen LogP contribution >= 0.6 is 0 Å². The molecule has 3 atom stereocenters. The average Bonchev–Trinajstić information content (AvgIpc) is 2.68. The van der Waals surface area contributed by atoms with E-state index < -0.39 is 33.3 Å². The molecule has 1 aliphatic rings. The van der Waals surface area contributed by atoms with Crippen molar-refractivity contribution in [2.45, 2.75) is 86.1 Å². The van der Waals surface area contributed by atoms with Crippen LogP contribution in [0, 0.1) is 29.5 Å². The topological polar surface area (TPSA) is 83.8 Å². The van der Waals surface area contributed by atoms with Crippen molar-refractivity contribution in [2.75, 3.05) is 0 Å². The number of aliphatic hydroxyl groups excluding tert-OH is 1. The third-order valence-corrected chi connectivity index (χ3v) is 7.51. The summed E-state index contributed by atoms with van der Waals surface area (Å²) in [5.41, 5.74) is 3.09. The number of aryl methyl sites for hydroxylation is 1. The highest BCUT2D eigenvalue weighted by atomic mass is 28.3. The quantitative estimate of drug-likeness (QED) is 0.333. The molecule has 35 heavy (non-hydrogen) atoms. The number of carboxylic acids is 1. The zero-order chi connectivity index (χ0) is 26.7. The van der Waals surface area contributed by atoms with Gasteiger partial charge in [-0.05, 0) is 77.6 Å². The van der Waals surface area contributed by atoms with Gasteiger partial charge in [0.25, 0.3) is 0 Å². The van der Waals surface area contributed by atoms with E-state index in [9.17, 15) is 19.1 Å². The molecule has 0 spiro atoms. The molecule has 0 aromatic heterocycles. The number of hydrogen-bond acceptors (Lipinski definition) is 4. The molecule has 0 bridgehead atoms. The summed E-state index contributed by atoms with van der Waals surface area (Å²) in [6.45, 7) is 17.0. The molecule has 194 valence electrons. The van der Waals surface area contributed by atoms with Gasteiger partial charge in [-0.15, -0.1) is 0 Å². The number of Topliss-reactive ketones (excluding diaryl/α,β-unsaturated/α-hetero) is 1. The Morgan fingerprint density at radius 1 is 1.29 bits per heavy atom. The van der Waals surface area contributed by atoms with Gasteiger partial charge < -0.3 is 14.6 Å². The van der Waals surface area contributed by atoms with Crippen LogP contribution in [0.1, 0.15) is 65.0 Å². The van der Waals surface area contributed by atoms with Gasteiger partial charge in [-0.2, -0.15) is 0 Å². The van der Waals surface area contributed by atoms with Gasteiger partial charge in [0.15, 0.2) is 9.04 Å². The fourth-order valence-electron chi connectivity index (χ4n) is 4.90. The van der Waals surface area contributed by atoms with Crippen LogP contribution in [-0.2, 0) is 14.0 Å². The van der Waals surface area contributed by atoms with Crippen LogP contribution in [0.5, 0.6) is 0 Å². The van der Waals surface area contributed by atoms with Crippen molar-refractivity contribution in [3.63, 3.8) is 0 Å². The molecule has 0 aliphatic heterocycles. The van der Waals surface area contributed by atoms with Crippen LogP contribution in [0.3, 0.4) is 0 Å². The first-order valence-corrected chi connectivity index (χ1v) is 15.1. The Balaban J connectivity index is 2.69. The fraction of sp³-hybridized carbons (Fsp3) is 0.571. The highest BCUT2D eigenvalue weighted by Crippen LogP contribution is 2.53. The highest BCUT2D eigenvalue weighted by Gasteiger charge is 2.46. The number of carbonyl (C=O) groups excluding carboxylic acids is 1. The number of carbonyl (C=O) groups is 2. The summed E-state index contributed by atoms with van der Waals surface area (Å²) in [5.74, 6) is -1.79. The van der Waals surface area contributed by atoms with Gasteiger partial charge in [0.2, 0.25) is 0 Å². The van der Waals surface area contributed by atoms with E-state index in [2.05, 4.69) is 47.7 Å². The second kappa shape index (κ2) is 11.3. The predicted octanol–water partition coefficient (Wildman–Crippen LogP) is 5.70. The molecule has 2 rings (SSSR count). The van der Waals surface area contributed by atoms with E-state index >= 15 is 0 Å². The lowest BCUT2D eigenvalue weighted by Crippen LogP contribution is -2.44. The molecule has 0 saturated heterocycles. The first-order valence-electron chi connectivity index (χ1n) is 12.3. The van der Waals surface area contributed by atoms with Crippen molar-refractivity contribution in [1.29, 1.82) is 0 Å². The Kier molecular flexibility index (Phi) is 9.42. The minimum absolute atomic E-state index is 0.0381. The molecular weight excluding hydrogens is 463 g/mol. The lowest BCUT2D eigenvalue weighted by Gasteiger charge is -2.49. The minimum atomic E-state index is -1.46. The van der Waals surface area contributed by atoms with E-state index in [0.29, 0.717) is 5.56 Å².